The van der Waals surface area contributed by atoms with Crippen LogP contribution < -0.4 is 0 Å². The van der Waals surface area contributed by atoms with Gasteiger partial charge in [0, 0.05) is 27.3 Å². The Morgan fingerprint density at radius 2 is 2.42 bits per heavy atom. The fraction of sp³-hybridized carbons (Fsp3) is 0. The Morgan fingerprint density at radius 3 is 3.17 bits per heavy atom. The molecule has 0 aliphatic rings. The van der Waals surface area contributed by atoms with E-state index in [2.05, 4.69) is 20.9 Å². The molecule has 0 saturated heterocycles. The van der Waals surface area contributed by atoms with Crippen LogP contribution in [-0.2, 0) is 0 Å². The largest absolute Gasteiger partial charge is 0.263 e. The van der Waals surface area contributed by atoms with Crippen molar-refractivity contribution in [1.82, 2.24) is 4.98 Å². The van der Waals surface area contributed by atoms with E-state index >= 15 is 0 Å². The molecule has 0 atom stereocenters. The van der Waals surface area contributed by atoms with E-state index in [1.54, 1.807) is 0 Å². The summed E-state index contributed by atoms with van der Waals surface area (Å²) in [6, 6.07) is 3.86. The summed E-state index contributed by atoms with van der Waals surface area (Å²) in [7, 11) is 0. The molecular weight excluding hydrogens is 234 g/mol. The number of rotatable bonds is 1. The average molecular weight is 243 g/mol. The molecule has 12 heavy (non-hydrogen) atoms. The van der Waals surface area contributed by atoms with Gasteiger partial charge >= 0.3 is 0 Å². The summed E-state index contributed by atoms with van der Waals surface area (Å²) in [4.78, 5) is 4.59. The fourth-order valence-corrected chi connectivity index (χ4v) is 1.80. The zero-order chi connectivity index (χ0) is 11.0. The molecule has 2 rings (SSSR count). The Balaban J connectivity index is 2.72. The van der Waals surface area contributed by atoms with Gasteiger partial charge in [-0.05, 0) is 33.4 Å². The Morgan fingerprint density at radius 1 is 1.50 bits per heavy atom. The molecule has 0 N–H and O–H groups in total. The van der Waals surface area contributed by atoms with E-state index in [4.69, 9.17) is 4.11 Å². The molecule has 0 radical (unpaired) electrons. The van der Waals surface area contributed by atoms with Crippen LogP contribution in [-0.4, -0.2) is 4.98 Å². The van der Waals surface area contributed by atoms with Crippen LogP contribution >= 0.6 is 27.3 Å². The first-order valence-corrected chi connectivity index (χ1v) is 4.95. The van der Waals surface area contributed by atoms with Crippen LogP contribution in [0.25, 0.3) is 10.4 Å². The zero-order valence-corrected chi connectivity index (χ0v) is 8.37. The van der Waals surface area contributed by atoms with Crippen LogP contribution in [0.1, 0.15) is 4.11 Å². The predicted molar refractivity (Wildman–Crippen MR) is 55.3 cm³/mol. The van der Waals surface area contributed by atoms with Crippen molar-refractivity contribution in [3.63, 3.8) is 0 Å². The van der Waals surface area contributed by atoms with Gasteiger partial charge in [0.2, 0.25) is 0 Å². The van der Waals surface area contributed by atoms with Crippen molar-refractivity contribution in [2.45, 2.75) is 0 Å². The van der Waals surface area contributed by atoms with Gasteiger partial charge in [0.1, 0.15) is 0 Å². The van der Waals surface area contributed by atoms with Crippen molar-refractivity contribution in [2.75, 3.05) is 0 Å². The summed E-state index contributed by atoms with van der Waals surface area (Å²) in [5.41, 5.74) is 0.480. The topological polar surface area (TPSA) is 12.9 Å². The third-order valence-corrected chi connectivity index (χ3v) is 2.59. The molecule has 3 heteroatoms. The summed E-state index contributed by atoms with van der Waals surface area (Å²) < 4.78 is 23.3. The number of thiophene rings is 1. The molecule has 60 valence electrons. The summed E-state index contributed by atoms with van der Waals surface area (Å²) in [6.07, 6.45) is -0.0824. The number of hydrogen-bond donors (Lipinski definition) is 0. The molecule has 1 nitrogen and oxygen atoms in total. The highest BCUT2D eigenvalue weighted by Gasteiger charge is 1.98. The van der Waals surface area contributed by atoms with E-state index < -0.39 is 0 Å². The molecule has 0 aromatic carbocycles. The van der Waals surface area contributed by atoms with Gasteiger partial charge in [0.25, 0.3) is 0 Å². The van der Waals surface area contributed by atoms with Gasteiger partial charge in [-0.2, -0.15) is 0 Å². The van der Waals surface area contributed by atoms with Crippen molar-refractivity contribution in [3.8, 4) is 10.4 Å². The van der Waals surface area contributed by atoms with E-state index in [-0.39, 0.29) is 18.4 Å². The summed E-state index contributed by atoms with van der Waals surface area (Å²) >= 11 is 4.59. The predicted octanol–water partition coefficient (Wildman–Crippen LogP) is 3.57. The Labute approximate surface area is 87.4 Å². The Hall–Kier alpha value is -0.670. The second-order valence-corrected chi connectivity index (χ2v) is 3.87. The van der Waals surface area contributed by atoms with Gasteiger partial charge in [-0.15, -0.1) is 11.3 Å². The second-order valence-electron chi connectivity index (χ2n) is 2.13. The van der Waals surface area contributed by atoms with Gasteiger partial charge in [-0.1, -0.05) is 6.07 Å². The Bertz CT molecular complexity index is 499. The number of halogens is 1. The summed E-state index contributed by atoms with van der Waals surface area (Å²) in [5.74, 6) is 0. The van der Waals surface area contributed by atoms with Gasteiger partial charge in [0.05, 0.1) is 4.11 Å². The number of hydrogen-bond acceptors (Lipinski definition) is 2. The molecule has 0 bridgehead atoms. The van der Waals surface area contributed by atoms with E-state index in [0.717, 1.165) is 4.88 Å². The van der Waals surface area contributed by atoms with E-state index in [1.807, 2.05) is 17.5 Å². The minimum atomic E-state index is -0.0645. The summed E-state index contributed by atoms with van der Waals surface area (Å²) in [6.45, 7) is 0. The lowest BCUT2D eigenvalue weighted by atomic mass is 10.2. The first-order valence-electron chi connectivity index (χ1n) is 4.78. The molecule has 0 aliphatic carbocycles. The minimum absolute atomic E-state index is 0.0179. The van der Waals surface area contributed by atoms with E-state index in [9.17, 15) is 0 Å². The maximum atomic E-state index is 7.83. The Kier molecular flexibility index (Phi) is 1.45. The van der Waals surface area contributed by atoms with Crippen molar-refractivity contribution in [1.29, 1.82) is 0 Å². The van der Waals surface area contributed by atoms with Crippen molar-refractivity contribution < 1.29 is 4.11 Å². The first kappa shape index (κ1) is 5.14. The number of pyridine rings is 1. The first-order chi connectivity index (χ1) is 7.11. The maximum Gasteiger partial charge on any atom is 0.0852 e. The van der Waals surface area contributed by atoms with E-state index in [0.29, 0.717) is 10.0 Å². The molecular formula is C9H6BrNS. The SMILES string of the molecule is [2H]c1nc([2H])c(-c2cccs2)c([2H])c1Br. The molecule has 2 aromatic rings. The molecule has 0 unspecified atom stereocenters. The molecule has 2 aromatic heterocycles. The van der Waals surface area contributed by atoms with E-state index in [1.165, 1.54) is 11.3 Å². The third kappa shape index (κ3) is 1.57. The van der Waals surface area contributed by atoms with Crippen LogP contribution in [0.3, 0.4) is 0 Å². The molecule has 0 fully saturated rings. The van der Waals surface area contributed by atoms with Crippen molar-refractivity contribution in [3.05, 3.63) is 40.4 Å². The molecule has 0 aliphatic heterocycles. The summed E-state index contributed by atoms with van der Waals surface area (Å²) in [5, 5.41) is 1.89. The molecule has 0 saturated carbocycles. The van der Waals surface area contributed by atoms with Gasteiger partial charge in [-0.25, -0.2) is 0 Å². The highest BCUT2D eigenvalue weighted by atomic mass is 79.9. The highest BCUT2D eigenvalue weighted by Crippen LogP contribution is 2.25. The fourth-order valence-electron chi connectivity index (χ4n) is 0.836. The smallest absolute Gasteiger partial charge is 0.0852 e. The molecule has 2 heterocycles. The lowest BCUT2D eigenvalue weighted by molar-refractivity contribution is 1.31. The van der Waals surface area contributed by atoms with Gasteiger partial charge in [-0.3, -0.25) is 4.98 Å². The quantitative estimate of drug-likeness (QED) is 0.746. The number of aromatic nitrogens is 1. The lowest BCUT2D eigenvalue weighted by Gasteiger charge is -1.95. The highest BCUT2D eigenvalue weighted by molar-refractivity contribution is 9.10. The third-order valence-electron chi connectivity index (χ3n) is 1.32. The lowest BCUT2D eigenvalue weighted by Crippen LogP contribution is -1.75. The van der Waals surface area contributed by atoms with Crippen LogP contribution in [0.4, 0.5) is 0 Å². The average Bonchev–Trinajstić information content (AvgIpc) is 2.68. The van der Waals surface area contributed by atoms with Crippen LogP contribution in [0, 0.1) is 0 Å². The molecule has 0 amide bonds. The van der Waals surface area contributed by atoms with Gasteiger partial charge < -0.3 is 0 Å². The van der Waals surface area contributed by atoms with Gasteiger partial charge in [0.15, 0.2) is 0 Å². The normalized spacial score (nSPS) is 13.6. The monoisotopic (exact) mass is 242 g/mol. The standard InChI is InChI=1S/C9H6BrNS/c10-8-4-7(5-11-6-8)9-2-1-3-12-9/h1-6H/i4D,5D,6D. The van der Waals surface area contributed by atoms with Crippen LogP contribution in [0.2, 0.25) is 0 Å². The molecule has 0 spiro atoms. The van der Waals surface area contributed by atoms with Crippen LogP contribution in [0.5, 0.6) is 0 Å². The maximum absolute atomic E-state index is 7.83. The number of nitrogens with zero attached hydrogens (tertiary/aromatic N) is 1. The van der Waals surface area contributed by atoms with Crippen LogP contribution in [0.15, 0.2) is 40.4 Å². The van der Waals surface area contributed by atoms with Crippen molar-refractivity contribution in [2.24, 2.45) is 0 Å². The zero-order valence-electron chi connectivity index (χ0n) is 8.97. The minimum Gasteiger partial charge on any atom is -0.263 e. The van der Waals surface area contributed by atoms with Crippen molar-refractivity contribution >= 4 is 27.3 Å². The second kappa shape index (κ2) is 3.37.